The Morgan fingerprint density at radius 1 is 1.24 bits per heavy atom. The van der Waals surface area contributed by atoms with E-state index in [1.165, 1.54) is 11.9 Å². The lowest BCUT2D eigenvalue weighted by Crippen LogP contribution is -2.45. The Balaban J connectivity index is 1.81. The number of hydrazone groups is 1. The Bertz CT molecular complexity index is 927. The van der Waals surface area contributed by atoms with E-state index in [0.29, 0.717) is 10.9 Å². The van der Waals surface area contributed by atoms with E-state index in [2.05, 4.69) is 15.4 Å². The number of pyridine rings is 1. The van der Waals surface area contributed by atoms with Crippen molar-refractivity contribution in [1.82, 2.24) is 20.2 Å². The molecule has 1 aliphatic heterocycles. The van der Waals surface area contributed by atoms with Gasteiger partial charge in [0.15, 0.2) is 0 Å². The van der Waals surface area contributed by atoms with Crippen LogP contribution in [0, 0.1) is 6.92 Å². The fourth-order valence-electron chi connectivity index (χ4n) is 3.10. The molecule has 0 fully saturated rings. The molecule has 7 nitrogen and oxygen atoms in total. The molecule has 152 valence electrons. The van der Waals surface area contributed by atoms with Gasteiger partial charge in [-0.3, -0.25) is 4.79 Å². The fourth-order valence-corrected chi connectivity index (χ4v) is 3.21. The quantitative estimate of drug-likeness (QED) is 0.780. The first-order valence-electron chi connectivity index (χ1n) is 9.34. The van der Waals surface area contributed by atoms with Crippen LogP contribution in [-0.2, 0) is 4.79 Å². The van der Waals surface area contributed by atoms with Crippen LogP contribution in [0.1, 0.15) is 36.6 Å². The van der Waals surface area contributed by atoms with Crippen molar-refractivity contribution < 1.29 is 9.59 Å². The van der Waals surface area contributed by atoms with Gasteiger partial charge in [-0.05, 0) is 31.0 Å². The molecule has 29 heavy (non-hydrogen) atoms. The number of carbonyl (C=O) groups is 2. The summed E-state index contributed by atoms with van der Waals surface area (Å²) in [5.41, 5.74) is 3.54. The highest BCUT2D eigenvalue weighted by molar-refractivity contribution is 6.29. The number of urea groups is 1. The maximum atomic E-state index is 12.8. The second-order valence-corrected chi connectivity index (χ2v) is 7.55. The Hall–Kier alpha value is -2.93. The molecule has 2 aromatic rings. The molecule has 1 aromatic carbocycles. The summed E-state index contributed by atoms with van der Waals surface area (Å²) in [5.74, 6) is -0.0855. The van der Waals surface area contributed by atoms with E-state index in [4.69, 9.17) is 11.6 Å². The molecular weight excluding hydrogens is 390 g/mol. The van der Waals surface area contributed by atoms with Crippen LogP contribution < -0.4 is 5.32 Å². The molecule has 1 aliphatic rings. The molecule has 3 rings (SSSR count). The van der Waals surface area contributed by atoms with Gasteiger partial charge in [-0.2, -0.15) is 5.10 Å². The largest absolute Gasteiger partial charge is 0.338 e. The van der Waals surface area contributed by atoms with Gasteiger partial charge in [0.05, 0.1) is 24.3 Å². The summed E-state index contributed by atoms with van der Waals surface area (Å²) in [6, 6.07) is 10.5. The molecule has 2 atom stereocenters. The van der Waals surface area contributed by atoms with Gasteiger partial charge < -0.3 is 10.2 Å². The number of aryl methyl sites for hydroxylation is 1. The van der Waals surface area contributed by atoms with E-state index >= 15 is 0 Å². The highest BCUT2D eigenvalue weighted by atomic mass is 35.5. The van der Waals surface area contributed by atoms with Crippen LogP contribution in [0.5, 0.6) is 0 Å². The topological polar surface area (TPSA) is 77.9 Å². The van der Waals surface area contributed by atoms with Gasteiger partial charge in [0, 0.05) is 20.2 Å². The number of nitrogens with zero attached hydrogens (tertiary/aromatic N) is 4. The number of hydrogen-bond acceptors (Lipinski definition) is 4. The van der Waals surface area contributed by atoms with Crippen molar-refractivity contribution in [3.05, 3.63) is 64.4 Å². The Kier molecular flexibility index (Phi) is 6.17. The lowest BCUT2D eigenvalue weighted by Gasteiger charge is -2.25. The zero-order valence-corrected chi connectivity index (χ0v) is 17.6. The first kappa shape index (κ1) is 20.8. The fraction of sp³-hybridized carbons (Fsp3) is 0.333. The van der Waals surface area contributed by atoms with Gasteiger partial charge in [0.2, 0.25) is 5.91 Å². The molecule has 1 unspecified atom stereocenters. The van der Waals surface area contributed by atoms with E-state index in [1.54, 1.807) is 24.2 Å². The minimum atomic E-state index is -0.337. The van der Waals surface area contributed by atoms with E-state index < -0.39 is 0 Å². The Morgan fingerprint density at radius 3 is 2.52 bits per heavy atom. The number of halogens is 1. The number of carbonyl (C=O) groups excluding carboxylic acids is 2. The van der Waals surface area contributed by atoms with E-state index in [0.717, 1.165) is 16.7 Å². The number of benzene rings is 1. The summed E-state index contributed by atoms with van der Waals surface area (Å²) in [6.07, 6.45) is 1.63. The summed E-state index contributed by atoms with van der Waals surface area (Å²) in [6.45, 7) is 5.66. The molecule has 3 amide bonds. The second-order valence-electron chi connectivity index (χ2n) is 7.16. The third kappa shape index (κ3) is 4.74. The van der Waals surface area contributed by atoms with Crippen LogP contribution in [0.15, 0.2) is 47.7 Å². The Morgan fingerprint density at radius 2 is 1.93 bits per heavy atom. The third-order valence-corrected chi connectivity index (χ3v) is 5.25. The minimum Gasteiger partial charge on any atom is -0.335 e. The molecule has 1 N–H and O–H groups in total. The van der Waals surface area contributed by atoms with Gasteiger partial charge in [-0.1, -0.05) is 47.5 Å². The maximum absolute atomic E-state index is 12.8. The van der Waals surface area contributed by atoms with Crippen molar-refractivity contribution in [1.29, 1.82) is 0 Å². The van der Waals surface area contributed by atoms with Gasteiger partial charge in [-0.15, -0.1) is 0 Å². The maximum Gasteiger partial charge on any atom is 0.338 e. The van der Waals surface area contributed by atoms with Gasteiger partial charge >= 0.3 is 6.03 Å². The van der Waals surface area contributed by atoms with Crippen molar-refractivity contribution >= 4 is 29.3 Å². The number of amides is 3. The number of rotatable bonds is 4. The lowest BCUT2D eigenvalue weighted by atomic mass is 10.0. The van der Waals surface area contributed by atoms with Crippen LogP contribution in [0.25, 0.3) is 0 Å². The van der Waals surface area contributed by atoms with E-state index in [-0.39, 0.29) is 30.6 Å². The average Bonchev–Trinajstić information content (AvgIpc) is 3.13. The van der Waals surface area contributed by atoms with Crippen LogP contribution in [0.2, 0.25) is 5.15 Å². The van der Waals surface area contributed by atoms with Gasteiger partial charge in [-0.25, -0.2) is 14.8 Å². The minimum absolute atomic E-state index is 0.0855. The molecule has 8 heteroatoms. The highest BCUT2D eigenvalue weighted by Gasteiger charge is 2.35. The van der Waals surface area contributed by atoms with E-state index in [1.807, 2.05) is 44.2 Å². The number of nitrogens with one attached hydrogen (secondary N) is 1. The molecule has 2 heterocycles. The number of hydrogen-bond donors (Lipinski definition) is 1. The summed E-state index contributed by atoms with van der Waals surface area (Å²) in [4.78, 5) is 30.4. The second kappa shape index (κ2) is 8.61. The first-order valence-corrected chi connectivity index (χ1v) is 9.72. The number of aromatic nitrogens is 1. The zero-order valence-electron chi connectivity index (χ0n) is 16.9. The smallest absolute Gasteiger partial charge is 0.335 e. The first-order chi connectivity index (χ1) is 13.8. The molecule has 0 spiro atoms. The predicted octanol–water partition coefficient (Wildman–Crippen LogP) is 3.38. The molecule has 0 saturated heterocycles. The van der Waals surface area contributed by atoms with Crippen molar-refractivity contribution in [2.45, 2.75) is 32.9 Å². The average molecular weight is 414 g/mol. The molecule has 0 aliphatic carbocycles. The normalized spacial score (nSPS) is 16.9. The third-order valence-electron chi connectivity index (χ3n) is 5.03. The van der Waals surface area contributed by atoms with Crippen LogP contribution >= 0.6 is 11.6 Å². The SMILES string of the molecule is CC(=O)N(C)C1CN(C(=O)N[C@H](C)c2ccc(Cl)nc2)N=C1c1ccc(C)cc1. The monoisotopic (exact) mass is 413 g/mol. The van der Waals surface area contributed by atoms with Crippen LogP contribution in [0.4, 0.5) is 4.79 Å². The van der Waals surface area contributed by atoms with Crippen molar-refractivity contribution in [2.24, 2.45) is 5.10 Å². The zero-order chi connectivity index (χ0) is 21.1. The van der Waals surface area contributed by atoms with Crippen LogP contribution in [0.3, 0.4) is 0 Å². The molecule has 0 radical (unpaired) electrons. The number of likely N-dealkylation sites (N-methyl/N-ethyl adjacent to an activating group) is 1. The van der Waals surface area contributed by atoms with E-state index in [9.17, 15) is 9.59 Å². The molecule has 0 saturated carbocycles. The summed E-state index contributed by atoms with van der Waals surface area (Å²) < 4.78 is 0. The molecule has 1 aromatic heterocycles. The lowest BCUT2D eigenvalue weighted by molar-refractivity contribution is -0.128. The van der Waals surface area contributed by atoms with Crippen molar-refractivity contribution in [2.75, 3.05) is 13.6 Å². The van der Waals surface area contributed by atoms with Crippen molar-refractivity contribution in [3.8, 4) is 0 Å². The summed E-state index contributed by atoms with van der Waals surface area (Å²) >= 11 is 5.82. The summed E-state index contributed by atoms with van der Waals surface area (Å²) in [7, 11) is 1.72. The standard InChI is InChI=1S/C21H24ClN5O2/c1-13-5-7-16(8-6-13)20-18(26(4)15(3)28)12-27(25-20)21(29)24-14(2)17-9-10-19(22)23-11-17/h5-11,14,18H,12H2,1-4H3,(H,24,29)/t14-,18?/m1/s1. The van der Waals surface area contributed by atoms with Crippen molar-refractivity contribution in [3.63, 3.8) is 0 Å². The molecular formula is C21H24ClN5O2. The Labute approximate surface area is 175 Å². The summed E-state index contributed by atoms with van der Waals surface area (Å²) in [5, 5.41) is 9.23. The molecule has 0 bridgehead atoms. The van der Waals surface area contributed by atoms with Gasteiger partial charge in [0.25, 0.3) is 0 Å². The van der Waals surface area contributed by atoms with Gasteiger partial charge in [0.1, 0.15) is 5.15 Å². The van der Waals surface area contributed by atoms with Crippen LogP contribution in [-0.4, -0.2) is 52.2 Å². The predicted molar refractivity (Wildman–Crippen MR) is 113 cm³/mol. The highest BCUT2D eigenvalue weighted by Crippen LogP contribution is 2.20.